The van der Waals surface area contributed by atoms with Crippen LogP contribution in [-0.4, -0.2) is 82.0 Å². The SMILES string of the molecule is Cc1nnc2ccc(N3CC(N(C)CCN4CCCCC4)C3)nn12. The van der Waals surface area contributed by atoms with Crippen LogP contribution >= 0.6 is 0 Å². The molecule has 0 radical (unpaired) electrons. The lowest BCUT2D eigenvalue weighted by Gasteiger charge is -2.45. The minimum Gasteiger partial charge on any atom is -0.352 e. The van der Waals surface area contributed by atoms with E-state index in [4.69, 9.17) is 0 Å². The molecule has 2 fully saturated rings. The maximum atomic E-state index is 4.66. The summed E-state index contributed by atoms with van der Waals surface area (Å²) in [5.41, 5.74) is 0.812. The Kier molecular flexibility index (Phi) is 4.37. The molecule has 7 nitrogen and oxygen atoms in total. The molecule has 0 saturated carbocycles. The number of hydrogen-bond acceptors (Lipinski definition) is 6. The van der Waals surface area contributed by atoms with Crippen molar-refractivity contribution in [2.45, 2.75) is 32.2 Å². The van der Waals surface area contributed by atoms with Crippen LogP contribution in [0, 0.1) is 6.92 Å². The molecule has 0 bridgehead atoms. The smallest absolute Gasteiger partial charge is 0.178 e. The first-order valence-corrected chi connectivity index (χ1v) is 9.07. The first-order valence-electron chi connectivity index (χ1n) is 9.07. The highest BCUT2D eigenvalue weighted by Gasteiger charge is 2.31. The van der Waals surface area contributed by atoms with Gasteiger partial charge in [0.15, 0.2) is 11.5 Å². The lowest BCUT2D eigenvalue weighted by molar-refractivity contribution is 0.155. The van der Waals surface area contributed by atoms with Gasteiger partial charge in [0.2, 0.25) is 0 Å². The highest BCUT2D eigenvalue weighted by Crippen LogP contribution is 2.21. The normalized spacial score (nSPS) is 20.0. The molecule has 2 aromatic heterocycles. The second-order valence-corrected chi connectivity index (χ2v) is 7.15. The number of rotatable bonds is 5. The summed E-state index contributed by atoms with van der Waals surface area (Å²) in [6.45, 7) is 8.97. The number of aryl methyl sites for hydroxylation is 1. The van der Waals surface area contributed by atoms with Crippen molar-refractivity contribution in [3.05, 3.63) is 18.0 Å². The third kappa shape index (κ3) is 3.10. The van der Waals surface area contributed by atoms with Crippen molar-refractivity contribution in [1.29, 1.82) is 0 Å². The average Bonchev–Trinajstić information content (AvgIpc) is 2.94. The second kappa shape index (κ2) is 6.64. The Bertz CT molecular complexity index is 685. The molecular formula is C17H27N7. The van der Waals surface area contributed by atoms with Gasteiger partial charge in [0.1, 0.15) is 5.82 Å². The monoisotopic (exact) mass is 329 g/mol. The van der Waals surface area contributed by atoms with E-state index in [0.717, 1.165) is 36.9 Å². The van der Waals surface area contributed by atoms with Crippen molar-refractivity contribution in [2.24, 2.45) is 0 Å². The Morgan fingerprint density at radius 3 is 2.71 bits per heavy atom. The van der Waals surface area contributed by atoms with Gasteiger partial charge < -0.3 is 9.80 Å². The third-order valence-corrected chi connectivity index (χ3v) is 5.43. The summed E-state index contributed by atoms with van der Waals surface area (Å²) in [5.74, 6) is 1.86. The van der Waals surface area contributed by atoms with Crippen molar-refractivity contribution in [3.63, 3.8) is 0 Å². The summed E-state index contributed by atoms with van der Waals surface area (Å²) in [4.78, 5) is 7.45. The third-order valence-electron chi connectivity index (χ3n) is 5.43. The molecule has 2 aliphatic rings. The quantitative estimate of drug-likeness (QED) is 0.817. The topological polar surface area (TPSA) is 52.8 Å². The molecule has 0 spiro atoms. The van der Waals surface area contributed by atoms with Crippen LogP contribution < -0.4 is 4.90 Å². The average molecular weight is 329 g/mol. The predicted molar refractivity (Wildman–Crippen MR) is 94.4 cm³/mol. The van der Waals surface area contributed by atoms with Gasteiger partial charge >= 0.3 is 0 Å². The Morgan fingerprint density at radius 1 is 1.12 bits per heavy atom. The molecule has 0 amide bonds. The van der Waals surface area contributed by atoms with E-state index in [1.807, 2.05) is 23.6 Å². The first-order chi connectivity index (χ1) is 11.7. The molecule has 2 aromatic rings. The van der Waals surface area contributed by atoms with E-state index in [1.54, 1.807) is 0 Å². The molecule has 0 aliphatic carbocycles. The van der Waals surface area contributed by atoms with E-state index < -0.39 is 0 Å². The maximum absolute atomic E-state index is 4.66. The molecular weight excluding hydrogens is 302 g/mol. The Balaban J connectivity index is 1.29. The van der Waals surface area contributed by atoms with E-state index in [1.165, 1.54) is 38.9 Å². The van der Waals surface area contributed by atoms with Crippen LogP contribution in [0.1, 0.15) is 25.1 Å². The molecule has 7 heteroatoms. The van der Waals surface area contributed by atoms with Gasteiger partial charge in [0, 0.05) is 32.2 Å². The fourth-order valence-corrected chi connectivity index (χ4v) is 3.64. The molecule has 2 aliphatic heterocycles. The van der Waals surface area contributed by atoms with Crippen LogP contribution in [0.5, 0.6) is 0 Å². The van der Waals surface area contributed by atoms with Gasteiger partial charge in [-0.15, -0.1) is 15.3 Å². The number of piperidine rings is 1. The summed E-state index contributed by atoms with van der Waals surface area (Å²) < 4.78 is 1.82. The van der Waals surface area contributed by atoms with E-state index in [-0.39, 0.29) is 0 Å². The summed E-state index contributed by atoms with van der Waals surface area (Å²) in [6, 6.07) is 4.68. The zero-order valence-corrected chi connectivity index (χ0v) is 14.7. The van der Waals surface area contributed by atoms with Crippen LogP contribution in [0.15, 0.2) is 12.1 Å². The fourth-order valence-electron chi connectivity index (χ4n) is 3.64. The molecule has 2 saturated heterocycles. The lowest BCUT2D eigenvalue weighted by Crippen LogP contribution is -2.59. The van der Waals surface area contributed by atoms with Crippen LogP contribution in [-0.2, 0) is 0 Å². The molecule has 4 heterocycles. The van der Waals surface area contributed by atoms with Crippen LogP contribution in [0.25, 0.3) is 5.65 Å². The van der Waals surface area contributed by atoms with Gasteiger partial charge in [-0.2, -0.15) is 4.52 Å². The van der Waals surface area contributed by atoms with Crippen molar-refractivity contribution in [1.82, 2.24) is 29.6 Å². The number of nitrogens with zero attached hydrogens (tertiary/aromatic N) is 7. The Labute approximate surface area is 143 Å². The van der Waals surface area contributed by atoms with Gasteiger partial charge in [0.25, 0.3) is 0 Å². The number of hydrogen-bond donors (Lipinski definition) is 0. The summed E-state index contributed by atoms with van der Waals surface area (Å²) >= 11 is 0. The zero-order valence-electron chi connectivity index (χ0n) is 14.7. The van der Waals surface area contributed by atoms with Gasteiger partial charge in [-0.05, 0) is 52.0 Å². The van der Waals surface area contributed by atoms with Crippen molar-refractivity contribution in [3.8, 4) is 0 Å². The number of fused-ring (bicyclic) bond motifs is 1. The van der Waals surface area contributed by atoms with Crippen molar-refractivity contribution >= 4 is 11.5 Å². The Hall–Kier alpha value is -1.73. The molecule has 4 rings (SSSR count). The highest BCUT2D eigenvalue weighted by molar-refractivity contribution is 5.47. The number of anilines is 1. The van der Waals surface area contributed by atoms with Crippen molar-refractivity contribution in [2.75, 3.05) is 51.2 Å². The van der Waals surface area contributed by atoms with Crippen LogP contribution in [0.4, 0.5) is 5.82 Å². The maximum Gasteiger partial charge on any atom is 0.178 e. The van der Waals surface area contributed by atoms with Crippen molar-refractivity contribution < 1.29 is 0 Å². The van der Waals surface area contributed by atoms with Gasteiger partial charge in [-0.1, -0.05) is 6.42 Å². The van der Waals surface area contributed by atoms with Gasteiger partial charge in [-0.3, -0.25) is 4.90 Å². The Morgan fingerprint density at radius 2 is 1.92 bits per heavy atom. The molecule has 0 N–H and O–H groups in total. The predicted octanol–water partition coefficient (Wildman–Crippen LogP) is 1.04. The summed E-state index contributed by atoms with van der Waals surface area (Å²) in [5, 5.41) is 12.8. The fraction of sp³-hybridized carbons (Fsp3) is 0.706. The molecule has 0 atom stereocenters. The van der Waals surface area contributed by atoms with Crippen LogP contribution in [0.3, 0.4) is 0 Å². The largest absolute Gasteiger partial charge is 0.352 e. The van der Waals surface area contributed by atoms with Gasteiger partial charge in [-0.25, -0.2) is 0 Å². The molecule has 0 unspecified atom stereocenters. The zero-order chi connectivity index (χ0) is 16.5. The number of likely N-dealkylation sites (tertiary alicyclic amines) is 1. The van der Waals surface area contributed by atoms with E-state index in [9.17, 15) is 0 Å². The minimum absolute atomic E-state index is 0.634. The first kappa shape index (κ1) is 15.8. The number of aromatic nitrogens is 4. The van der Waals surface area contributed by atoms with E-state index >= 15 is 0 Å². The second-order valence-electron chi connectivity index (χ2n) is 7.15. The molecule has 24 heavy (non-hydrogen) atoms. The molecule has 130 valence electrons. The molecule has 0 aromatic carbocycles. The highest BCUT2D eigenvalue weighted by atomic mass is 15.4. The van der Waals surface area contributed by atoms with E-state index in [2.05, 4.69) is 37.0 Å². The van der Waals surface area contributed by atoms with Crippen LogP contribution in [0.2, 0.25) is 0 Å². The summed E-state index contributed by atoms with van der Waals surface area (Å²) in [7, 11) is 2.26. The van der Waals surface area contributed by atoms with E-state index in [0.29, 0.717) is 6.04 Å². The lowest BCUT2D eigenvalue weighted by atomic mass is 10.1. The standard InChI is InChI=1S/C17H27N7/c1-14-18-19-16-6-7-17(20-24(14)16)23-12-15(13-23)21(2)10-11-22-8-4-3-5-9-22/h6-7,15H,3-5,8-13H2,1-2H3. The van der Waals surface area contributed by atoms with Gasteiger partial charge in [0.05, 0.1) is 0 Å². The summed E-state index contributed by atoms with van der Waals surface area (Å²) in [6.07, 6.45) is 4.16. The number of likely N-dealkylation sites (N-methyl/N-ethyl adjacent to an activating group) is 1. The minimum atomic E-state index is 0.634.